The highest BCUT2D eigenvalue weighted by Gasteiger charge is 2.12. The van der Waals surface area contributed by atoms with Gasteiger partial charge in [0.2, 0.25) is 0 Å². The molecule has 0 heterocycles. The van der Waals surface area contributed by atoms with Crippen molar-refractivity contribution in [1.82, 2.24) is 0 Å². The molecule has 0 radical (unpaired) electrons. The van der Waals surface area contributed by atoms with Crippen molar-refractivity contribution in [2.24, 2.45) is 0 Å². The molecule has 6 heteroatoms. The zero-order valence-corrected chi connectivity index (χ0v) is 11.7. The largest absolute Gasteiger partial charge is 0.478 e. The predicted octanol–water partition coefficient (Wildman–Crippen LogP) is 2.59. The van der Waals surface area contributed by atoms with Gasteiger partial charge < -0.3 is 5.11 Å². The molecular weight excluding hydrogens is 290 g/mol. The van der Waals surface area contributed by atoms with Crippen molar-refractivity contribution in [2.45, 2.75) is 4.90 Å². The molecule has 2 rings (SSSR count). The monoisotopic (exact) mass is 303 g/mol. The lowest BCUT2D eigenvalue weighted by atomic mass is 10.2. The summed E-state index contributed by atoms with van der Waals surface area (Å²) in [6.07, 6.45) is 2.45. The van der Waals surface area contributed by atoms with Crippen LogP contribution in [0.5, 0.6) is 0 Å². The van der Waals surface area contributed by atoms with Crippen LogP contribution in [0.4, 0.5) is 5.69 Å². The van der Waals surface area contributed by atoms with E-state index in [0.717, 1.165) is 6.08 Å². The van der Waals surface area contributed by atoms with E-state index in [1.54, 1.807) is 42.5 Å². The van der Waals surface area contributed by atoms with Crippen LogP contribution in [0.2, 0.25) is 0 Å². The predicted molar refractivity (Wildman–Crippen MR) is 80.4 cm³/mol. The first-order valence-corrected chi connectivity index (χ1v) is 7.55. The number of sulfonamides is 1. The smallest absolute Gasteiger partial charge is 0.328 e. The Hall–Kier alpha value is -2.60. The lowest BCUT2D eigenvalue weighted by molar-refractivity contribution is -0.131. The Bertz CT molecular complexity index is 750. The summed E-state index contributed by atoms with van der Waals surface area (Å²) in [5.41, 5.74) is 1.08. The summed E-state index contributed by atoms with van der Waals surface area (Å²) >= 11 is 0. The van der Waals surface area contributed by atoms with Crippen LogP contribution in [0.1, 0.15) is 5.56 Å². The molecule has 0 unspecified atom stereocenters. The third kappa shape index (κ3) is 4.19. The second kappa shape index (κ2) is 6.23. The Morgan fingerprint density at radius 3 is 2.19 bits per heavy atom. The van der Waals surface area contributed by atoms with E-state index in [1.807, 2.05) is 0 Å². The number of carboxylic acids is 1. The number of carbonyl (C=O) groups is 1. The number of aliphatic carboxylic acids is 1. The molecule has 0 amide bonds. The number of hydrogen-bond acceptors (Lipinski definition) is 3. The van der Waals surface area contributed by atoms with Crippen LogP contribution in [-0.4, -0.2) is 19.5 Å². The van der Waals surface area contributed by atoms with Crippen molar-refractivity contribution >= 4 is 27.8 Å². The van der Waals surface area contributed by atoms with Gasteiger partial charge in [-0.25, -0.2) is 13.2 Å². The molecule has 0 atom stereocenters. The van der Waals surface area contributed by atoms with Gasteiger partial charge in [-0.1, -0.05) is 30.3 Å². The topological polar surface area (TPSA) is 83.5 Å². The molecule has 0 saturated heterocycles. The van der Waals surface area contributed by atoms with E-state index in [4.69, 9.17) is 5.11 Å². The molecule has 0 aliphatic carbocycles. The average molecular weight is 303 g/mol. The molecule has 2 aromatic carbocycles. The molecule has 0 aliphatic heterocycles. The van der Waals surface area contributed by atoms with Crippen LogP contribution < -0.4 is 4.72 Å². The zero-order valence-electron chi connectivity index (χ0n) is 10.9. The third-order valence-electron chi connectivity index (χ3n) is 2.63. The van der Waals surface area contributed by atoms with E-state index in [9.17, 15) is 13.2 Å². The van der Waals surface area contributed by atoms with Gasteiger partial charge in [0.05, 0.1) is 4.90 Å². The second-order valence-corrected chi connectivity index (χ2v) is 5.89. The van der Waals surface area contributed by atoms with Crippen LogP contribution in [-0.2, 0) is 14.8 Å². The normalized spacial score (nSPS) is 11.4. The first-order valence-electron chi connectivity index (χ1n) is 6.06. The summed E-state index contributed by atoms with van der Waals surface area (Å²) in [7, 11) is -3.61. The van der Waals surface area contributed by atoms with E-state index in [0.29, 0.717) is 11.3 Å². The van der Waals surface area contributed by atoms with Crippen molar-refractivity contribution in [3.8, 4) is 0 Å². The molecular formula is C15H13NO4S. The summed E-state index contributed by atoms with van der Waals surface area (Å²) in [4.78, 5) is 10.6. The van der Waals surface area contributed by atoms with Gasteiger partial charge in [-0.05, 0) is 35.9 Å². The minimum Gasteiger partial charge on any atom is -0.478 e. The number of carboxylic acid groups (broad SMARTS) is 1. The van der Waals surface area contributed by atoms with E-state index in [1.165, 1.54) is 18.2 Å². The lowest BCUT2D eigenvalue weighted by Crippen LogP contribution is -2.12. The SMILES string of the molecule is O=C(O)/C=C/c1ccc(NS(=O)(=O)c2ccccc2)cc1. The molecule has 0 aliphatic rings. The van der Waals surface area contributed by atoms with Gasteiger partial charge >= 0.3 is 5.97 Å². The summed E-state index contributed by atoms with van der Waals surface area (Å²) in [6.45, 7) is 0. The van der Waals surface area contributed by atoms with Crippen LogP contribution in [0.25, 0.3) is 6.08 Å². The first-order chi connectivity index (χ1) is 9.97. The maximum atomic E-state index is 12.1. The highest BCUT2D eigenvalue weighted by molar-refractivity contribution is 7.92. The number of rotatable bonds is 5. The number of nitrogens with one attached hydrogen (secondary N) is 1. The second-order valence-electron chi connectivity index (χ2n) is 4.21. The van der Waals surface area contributed by atoms with E-state index < -0.39 is 16.0 Å². The van der Waals surface area contributed by atoms with Crippen LogP contribution in [0.15, 0.2) is 65.6 Å². The zero-order chi connectivity index (χ0) is 15.3. The van der Waals surface area contributed by atoms with Crippen LogP contribution in [0.3, 0.4) is 0 Å². The molecule has 0 spiro atoms. The molecule has 5 nitrogen and oxygen atoms in total. The highest BCUT2D eigenvalue weighted by Crippen LogP contribution is 2.16. The Labute approximate surface area is 122 Å². The van der Waals surface area contributed by atoms with Crippen LogP contribution >= 0.6 is 0 Å². The van der Waals surface area contributed by atoms with Gasteiger partial charge in [-0.3, -0.25) is 4.72 Å². The summed E-state index contributed by atoms with van der Waals surface area (Å²) in [5.74, 6) is -1.04. The molecule has 0 aromatic heterocycles. The quantitative estimate of drug-likeness (QED) is 0.832. The minimum atomic E-state index is -3.61. The number of anilines is 1. The van der Waals surface area contributed by atoms with Crippen molar-refractivity contribution in [1.29, 1.82) is 0 Å². The van der Waals surface area contributed by atoms with Crippen LogP contribution in [0, 0.1) is 0 Å². The molecule has 2 aromatic rings. The highest BCUT2D eigenvalue weighted by atomic mass is 32.2. The third-order valence-corrected chi connectivity index (χ3v) is 4.03. The molecule has 0 bridgehead atoms. The van der Waals surface area contributed by atoms with Crippen molar-refractivity contribution in [3.05, 3.63) is 66.2 Å². The van der Waals surface area contributed by atoms with E-state index in [-0.39, 0.29) is 4.90 Å². The summed E-state index contributed by atoms with van der Waals surface area (Å²) in [6, 6.07) is 14.4. The summed E-state index contributed by atoms with van der Waals surface area (Å²) < 4.78 is 26.7. The first kappa shape index (κ1) is 14.8. The number of benzene rings is 2. The van der Waals surface area contributed by atoms with Gasteiger partial charge in [0.25, 0.3) is 10.0 Å². The van der Waals surface area contributed by atoms with Gasteiger partial charge in [-0.2, -0.15) is 0 Å². The average Bonchev–Trinajstić information content (AvgIpc) is 2.47. The Morgan fingerprint density at radius 2 is 1.62 bits per heavy atom. The minimum absolute atomic E-state index is 0.180. The van der Waals surface area contributed by atoms with Gasteiger partial charge in [0.15, 0.2) is 0 Å². The van der Waals surface area contributed by atoms with Crippen molar-refractivity contribution < 1.29 is 18.3 Å². The van der Waals surface area contributed by atoms with Gasteiger partial charge in [0.1, 0.15) is 0 Å². The molecule has 108 valence electrons. The standard InChI is InChI=1S/C15H13NO4S/c17-15(18)11-8-12-6-9-13(10-7-12)16-21(19,20)14-4-2-1-3-5-14/h1-11,16H,(H,17,18)/b11-8+. The molecule has 0 saturated carbocycles. The molecule has 2 N–H and O–H groups in total. The Morgan fingerprint density at radius 1 is 1.00 bits per heavy atom. The van der Waals surface area contributed by atoms with Gasteiger partial charge in [-0.15, -0.1) is 0 Å². The van der Waals surface area contributed by atoms with Crippen molar-refractivity contribution in [2.75, 3.05) is 4.72 Å². The van der Waals surface area contributed by atoms with E-state index >= 15 is 0 Å². The fraction of sp³-hybridized carbons (Fsp3) is 0. The van der Waals surface area contributed by atoms with Gasteiger partial charge in [0, 0.05) is 11.8 Å². The lowest BCUT2D eigenvalue weighted by Gasteiger charge is -2.08. The van der Waals surface area contributed by atoms with Crippen molar-refractivity contribution in [3.63, 3.8) is 0 Å². The number of hydrogen-bond donors (Lipinski definition) is 2. The maximum Gasteiger partial charge on any atom is 0.328 e. The fourth-order valence-electron chi connectivity index (χ4n) is 1.64. The Kier molecular flexibility index (Phi) is 4.39. The Balaban J connectivity index is 2.15. The maximum absolute atomic E-state index is 12.1. The molecule has 0 fully saturated rings. The fourth-order valence-corrected chi connectivity index (χ4v) is 2.72. The summed E-state index contributed by atoms with van der Waals surface area (Å²) in [5, 5.41) is 8.53. The van der Waals surface area contributed by atoms with E-state index in [2.05, 4.69) is 4.72 Å². The molecule has 21 heavy (non-hydrogen) atoms.